The first-order chi connectivity index (χ1) is 9.13. The van der Waals surface area contributed by atoms with Gasteiger partial charge in [-0.2, -0.15) is 0 Å². The first-order valence-electron chi connectivity index (χ1n) is 6.82. The van der Waals surface area contributed by atoms with Gasteiger partial charge in [0, 0.05) is 11.5 Å². The van der Waals surface area contributed by atoms with Gasteiger partial charge in [0.1, 0.15) is 8.07 Å². The molecule has 0 saturated carbocycles. The Morgan fingerprint density at radius 3 is 2.32 bits per heavy atom. The van der Waals surface area contributed by atoms with Crippen LogP contribution in [-0.2, 0) is 0 Å². The molecule has 1 aromatic carbocycles. The van der Waals surface area contributed by atoms with Crippen LogP contribution in [0.4, 0.5) is 0 Å². The highest BCUT2D eigenvalue weighted by Gasteiger charge is 2.22. The van der Waals surface area contributed by atoms with E-state index in [1.165, 1.54) is 16.5 Å². The van der Waals surface area contributed by atoms with E-state index in [4.69, 9.17) is 0 Å². The predicted octanol–water partition coefficient (Wildman–Crippen LogP) is 4.03. The number of pyridine rings is 1. The molecule has 0 amide bonds. The predicted molar refractivity (Wildman–Crippen MR) is 86.1 cm³/mol. The highest BCUT2D eigenvalue weighted by molar-refractivity contribution is 6.94. The molecule has 2 rings (SSSR count). The molecule has 0 N–H and O–H groups in total. The van der Waals surface area contributed by atoms with E-state index in [0.717, 1.165) is 6.42 Å². The Morgan fingerprint density at radius 1 is 1.05 bits per heavy atom. The molecule has 2 aromatic rings. The third kappa shape index (κ3) is 3.41. The second kappa shape index (κ2) is 5.98. The summed E-state index contributed by atoms with van der Waals surface area (Å²) in [5.41, 5.74) is 5.24. The minimum absolute atomic E-state index is 1.06. The Kier molecular flexibility index (Phi) is 4.33. The second-order valence-corrected chi connectivity index (χ2v) is 9.57. The molecule has 0 bridgehead atoms. The van der Waals surface area contributed by atoms with E-state index in [1.54, 1.807) is 0 Å². The van der Waals surface area contributed by atoms with Crippen molar-refractivity contribution in [3.05, 3.63) is 66.0 Å². The largest absolute Gasteiger partial charge is 0.266 e. The van der Waals surface area contributed by atoms with Gasteiger partial charge in [-0.05, 0) is 29.7 Å². The van der Waals surface area contributed by atoms with Crippen LogP contribution in [0.15, 0.2) is 60.4 Å². The summed E-state index contributed by atoms with van der Waals surface area (Å²) in [6.07, 6.45) is 2.96. The first kappa shape index (κ1) is 13.8. The van der Waals surface area contributed by atoms with Crippen molar-refractivity contribution in [2.75, 3.05) is 0 Å². The van der Waals surface area contributed by atoms with Gasteiger partial charge in [-0.15, -0.1) is 0 Å². The van der Waals surface area contributed by atoms with E-state index in [-0.39, 0.29) is 0 Å². The second-order valence-electron chi connectivity index (χ2n) is 5.33. The summed E-state index contributed by atoms with van der Waals surface area (Å²) in [5, 5.41) is 1.25. The lowest BCUT2D eigenvalue weighted by Crippen LogP contribution is -2.41. The maximum absolute atomic E-state index is 4.55. The summed E-state index contributed by atoms with van der Waals surface area (Å²) in [7, 11) is -1.62. The van der Waals surface area contributed by atoms with Gasteiger partial charge >= 0.3 is 0 Å². The molecule has 19 heavy (non-hydrogen) atoms. The van der Waals surface area contributed by atoms with Crippen LogP contribution < -0.4 is 5.32 Å². The standard InChI is InChI=1S/C17H21NSi/c1-4-15(16-10-6-5-7-11-16)14-19(2,3)17-12-8-9-13-18-17/h5-14H,4H2,1-3H3/b15-14+. The maximum Gasteiger partial charge on any atom is 0.128 e. The van der Waals surface area contributed by atoms with E-state index < -0.39 is 8.07 Å². The monoisotopic (exact) mass is 267 g/mol. The number of allylic oxidation sites excluding steroid dienone is 1. The lowest BCUT2D eigenvalue weighted by Gasteiger charge is -2.19. The Balaban J connectivity index is 2.38. The average Bonchev–Trinajstić information content (AvgIpc) is 2.47. The van der Waals surface area contributed by atoms with Crippen molar-refractivity contribution < 1.29 is 0 Å². The summed E-state index contributed by atoms with van der Waals surface area (Å²) < 4.78 is 0. The molecule has 0 aliphatic heterocycles. The lowest BCUT2D eigenvalue weighted by atomic mass is 10.1. The van der Waals surface area contributed by atoms with E-state index >= 15 is 0 Å². The van der Waals surface area contributed by atoms with Crippen LogP contribution >= 0.6 is 0 Å². The van der Waals surface area contributed by atoms with Gasteiger partial charge in [-0.3, -0.25) is 4.98 Å². The van der Waals surface area contributed by atoms with Crippen LogP contribution in [0.25, 0.3) is 5.57 Å². The van der Waals surface area contributed by atoms with Gasteiger partial charge in [0.05, 0.1) is 0 Å². The van der Waals surface area contributed by atoms with Crippen molar-refractivity contribution >= 4 is 19.0 Å². The number of hydrogen-bond donors (Lipinski definition) is 0. The summed E-state index contributed by atoms with van der Waals surface area (Å²) >= 11 is 0. The molecule has 1 heterocycles. The van der Waals surface area contributed by atoms with Crippen LogP contribution in [0.2, 0.25) is 13.1 Å². The summed E-state index contributed by atoms with van der Waals surface area (Å²) in [4.78, 5) is 4.55. The third-order valence-corrected chi connectivity index (χ3v) is 6.07. The Labute approximate surface area is 117 Å². The molecule has 0 atom stereocenters. The molecule has 0 unspecified atom stereocenters. The lowest BCUT2D eigenvalue weighted by molar-refractivity contribution is 1.24. The van der Waals surface area contributed by atoms with Crippen molar-refractivity contribution in [1.82, 2.24) is 4.98 Å². The molecular weight excluding hydrogens is 246 g/mol. The van der Waals surface area contributed by atoms with Gasteiger partial charge in [0.25, 0.3) is 0 Å². The Bertz CT molecular complexity index is 544. The van der Waals surface area contributed by atoms with Crippen LogP contribution in [0.1, 0.15) is 18.9 Å². The van der Waals surface area contributed by atoms with Crippen molar-refractivity contribution in [3.8, 4) is 0 Å². The average molecular weight is 267 g/mol. The molecular formula is C17H21NSi. The number of hydrogen-bond acceptors (Lipinski definition) is 1. The number of aromatic nitrogens is 1. The van der Waals surface area contributed by atoms with E-state index in [0.29, 0.717) is 0 Å². The number of benzene rings is 1. The van der Waals surface area contributed by atoms with Gasteiger partial charge in [-0.25, -0.2) is 0 Å². The minimum Gasteiger partial charge on any atom is -0.266 e. The Morgan fingerprint density at radius 2 is 1.74 bits per heavy atom. The maximum atomic E-state index is 4.55. The van der Waals surface area contributed by atoms with Gasteiger partial charge in [-0.1, -0.05) is 62.1 Å². The molecule has 0 aliphatic carbocycles. The number of rotatable bonds is 4. The summed E-state index contributed by atoms with van der Waals surface area (Å²) in [5.74, 6) is 0. The summed E-state index contributed by atoms with van der Waals surface area (Å²) in [6, 6.07) is 16.9. The Hall–Kier alpha value is -1.67. The fraction of sp³-hybridized carbons (Fsp3) is 0.235. The summed E-state index contributed by atoms with van der Waals surface area (Å²) in [6.45, 7) is 6.93. The fourth-order valence-corrected chi connectivity index (χ4v) is 4.62. The molecule has 98 valence electrons. The van der Waals surface area contributed by atoms with Gasteiger partial charge < -0.3 is 0 Å². The van der Waals surface area contributed by atoms with E-state index in [9.17, 15) is 0 Å². The molecule has 0 saturated heterocycles. The van der Waals surface area contributed by atoms with Gasteiger partial charge in [0.15, 0.2) is 0 Å². The van der Waals surface area contributed by atoms with Crippen molar-refractivity contribution in [2.45, 2.75) is 26.4 Å². The number of nitrogens with zero attached hydrogens (tertiary/aromatic N) is 1. The van der Waals surface area contributed by atoms with E-state index in [1.807, 2.05) is 12.3 Å². The zero-order valence-electron chi connectivity index (χ0n) is 11.9. The van der Waals surface area contributed by atoms with Gasteiger partial charge in [0.2, 0.25) is 0 Å². The molecule has 1 nitrogen and oxygen atoms in total. The minimum atomic E-state index is -1.62. The van der Waals surface area contributed by atoms with E-state index in [2.05, 4.69) is 73.2 Å². The molecule has 0 fully saturated rings. The van der Waals surface area contributed by atoms with Crippen molar-refractivity contribution in [3.63, 3.8) is 0 Å². The SMILES string of the molecule is CC/C(=C\[Si](C)(C)c1ccccn1)c1ccccc1. The zero-order valence-corrected chi connectivity index (χ0v) is 12.9. The first-order valence-corrected chi connectivity index (χ1v) is 9.90. The molecule has 0 radical (unpaired) electrons. The van der Waals surface area contributed by atoms with Crippen molar-refractivity contribution in [2.24, 2.45) is 0 Å². The third-order valence-electron chi connectivity index (χ3n) is 3.39. The topological polar surface area (TPSA) is 12.9 Å². The highest BCUT2D eigenvalue weighted by Crippen LogP contribution is 2.20. The quantitative estimate of drug-likeness (QED) is 0.762. The molecule has 1 aromatic heterocycles. The van der Waals surface area contributed by atoms with Crippen LogP contribution in [0, 0.1) is 0 Å². The smallest absolute Gasteiger partial charge is 0.128 e. The highest BCUT2D eigenvalue weighted by atomic mass is 28.3. The zero-order chi connectivity index (χ0) is 13.7. The van der Waals surface area contributed by atoms with Crippen molar-refractivity contribution in [1.29, 1.82) is 0 Å². The molecule has 0 spiro atoms. The normalized spacial score (nSPS) is 12.5. The van der Waals surface area contributed by atoms with Crippen LogP contribution in [-0.4, -0.2) is 13.1 Å². The van der Waals surface area contributed by atoms with Crippen LogP contribution in [0.3, 0.4) is 0 Å². The fourth-order valence-electron chi connectivity index (χ4n) is 2.30. The van der Waals surface area contributed by atoms with Crippen LogP contribution in [0.5, 0.6) is 0 Å². The molecule has 2 heteroatoms. The molecule has 0 aliphatic rings.